The van der Waals surface area contributed by atoms with Gasteiger partial charge in [-0.25, -0.2) is 0 Å². The number of carbonyl (C=O) groups excluding carboxylic acids is 1. The third kappa shape index (κ3) is 4.25. The highest BCUT2D eigenvalue weighted by Crippen LogP contribution is 2.24. The van der Waals surface area contributed by atoms with Crippen molar-refractivity contribution in [2.24, 2.45) is 5.92 Å². The molecule has 0 spiro atoms. The van der Waals surface area contributed by atoms with Crippen molar-refractivity contribution in [1.82, 2.24) is 15.6 Å². The molecule has 1 amide bonds. The van der Waals surface area contributed by atoms with E-state index in [1.165, 1.54) is 0 Å². The number of nitrogens with one attached hydrogen (secondary N) is 2. The molecule has 1 fully saturated rings. The number of carbonyl (C=O) groups is 1. The van der Waals surface area contributed by atoms with Gasteiger partial charge >= 0.3 is 0 Å². The molecule has 126 valence electrons. The maximum Gasteiger partial charge on any atom is 0.253 e. The zero-order valence-corrected chi connectivity index (χ0v) is 14.5. The number of fused-ring (bicyclic) bond motifs is 1. The molecule has 0 bridgehead atoms. The van der Waals surface area contributed by atoms with Crippen molar-refractivity contribution in [3.8, 4) is 0 Å². The lowest BCUT2D eigenvalue weighted by Gasteiger charge is -2.14. The number of amides is 1. The number of aliphatic hydroxyl groups excluding tert-OH is 1. The molecule has 1 aliphatic heterocycles. The van der Waals surface area contributed by atoms with E-state index in [0.717, 1.165) is 5.39 Å². The predicted molar refractivity (Wildman–Crippen MR) is 95.9 cm³/mol. The fraction of sp³-hybridized carbons (Fsp3) is 0.333. The van der Waals surface area contributed by atoms with E-state index in [4.69, 9.17) is 11.6 Å². The van der Waals surface area contributed by atoms with Crippen LogP contribution in [0.1, 0.15) is 10.4 Å². The quantitative estimate of drug-likeness (QED) is 0.764. The first kappa shape index (κ1) is 19.9. The lowest BCUT2D eigenvalue weighted by atomic mass is 10.1. The van der Waals surface area contributed by atoms with Gasteiger partial charge in [0.15, 0.2) is 0 Å². The summed E-state index contributed by atoms with van der Waals surface area (Å²) in [5.74, 6) is -0.157. The molecule has 3 N–H and O–H groups in total. The van der Waals surface area contributed by atoms with Crippen molar-refractivity contribution in [2.45, 2.75) is 6.10 Å². The monoisotopic (exact) mass is 377 g/mol. The highest BCUT2D eigenvalue weighted by Gasteiger charge is 2.25. The first-order valence-corrected chi connectivity index (χ1v) is 7.25. The highest BCUT2D eigenvalue weighted by molar-refractivity contribution is 6.36. The molecule has 5 nitrogen and oxygen atoms in total. The molecule has 8 heteroatoms. The van der Waals surface area contributed by atoms with Crippen molar-refractivity contribution in [2.75, 3.05) is 19.6 Å². The Morgan fingerprint density at radius 2 is 2.13 bits per heavy atom. The Balaban J connectivity index is 0.00000132. The van der Waals surface area contributed by atoms with Crippen LogP contribution in [-0.4, -0.2) is 41.7 Å². The average Bonchev–Trinajstić information content (AvgIpc) is 2.91. The molecule has 1 aromatic heterocycles. The summed E-state index contributed by atoms with van der Waals surface area (Å²) in [6.07, 6.45) is 1.23. The molecule has 3 rings (SSSR count). The molecule has 2 atom stereocenters. The number of hydrogen-bond donors (Lipinski definition) is 3. The van der Waals surface area contributed by atoms with Gasteiger partial charge < -0.3 is 15.7 Å². The first-order valence-electron chi connectivity index (χ1n) is 6.87. The number of hydrogen-bond acceptors (Lipinski definition) is 4. The number of β-amino-alcohol motifs (C(OH)–C–C–N with tert-alkyl or cyclic N) is 1. The standard InChI is InChI=1S/C15H16ClN3O2.2ClH/c16-12-4-3-11(14-10(12)2-1-5-18-14)15(21)19-7-9-6-17-8-13(9)20;;/h1-5,9,13,17,20H,6-8H2,(H,19,21);2*1H. The molecular weight excluding hydrogens is 361 g/mol. The largest absolute Gasteiger partial charge is 0.391 e. The topological polar surface area (TPSA) is 74.2 Å². The van der Waals surface area contributed by atoms with Crippen LogP contribution in [0.2, 0.25) is 5.02 Å². The number of nitrogens with zero attached hydrogens (tertiary/aromatic N) is 1. The van der Waals surface area contributed by atoms with Crippen molar-refractivity contribution in [3.63, 3.8) is 0 Å². The highest BCUT2D eigenvalue weighted by atomic mass is 35.5. The molecule has 0 saturated carbocycles. The van der Waals surface area contributed by atoms with Gasteiger partial charge in [-0.05, 0) is 24.3 Å². The summed E-state index contributed by atoms with van der Waals surface area (Å²) in [7, 11) is 0. The van der Waals surface area contributed by atoms with Gasteiger partial charge in [-0.2, -0.15) is 0 Å². The van der Waals surface area contributed by atoms with Crippen LogP contribution in [0.15, 0.2) is 30.5 Å². The summed E-state index contributed by atoms with van der Waals surface area (Å²) in [6.45, 7) is 1.72. The van der Waals surface area contributed by atoms with Crippen molar-refractivity contribution in [1.29, 1.82) is 0 Å². The maximum atomic E-state index is 12.3. The normalized spacial score (nSPS) is 19.7. The van der Waals surface area contributed by atoms with Crippen LogP contribution >= 0.6 is 36.4 Å². The van der Waals surface area contributed by atoms with Gasteiger partial charge in [0.25, 0.3) is 5.91 Å². The van der Waals surface area contributed by atoms with E-state index in [0.29, 0.717) is 35.7 Å². The summed E-state index contributed by atoms with van der Waals surface area (Å²) in [5.41, 5.74) is 1.09. The minimum absolute atomic E-state index is 0. The maximum absolute atomic E-state index is 12.3. The van der Waals surface area contributed by atoms with Gasteiger partial charge in [-0.3, -0.25) is 9.78 Å². The van der Waals surface area contributed by atoms with E-state index >= 15 is 0 Å². The van der Waals surface area contributed by atoms with Crippen LogP contribution in [0.25, 0.3) is 10.9 Å². The van der Waals surface area contributed by atoms with E-state index in [1.54, 1.807) is 24.4 Å². The Morgan fingerprint density at radius 3 is 2.83 bits per heavy atom. The molecule has 1 aromatic carbocycles. The fourth-order valence-corrected chi connectivity index (χ4v) is 2.78. The molecule has 1 aliphatic rings. The summed E-state index contributed by atoms with van der Waals surface area (Å²) in [5, 5.41) is 17.0. The number of rotatable bonds is 3. The van der Waals surface area contributed by atoms with Crippen molar-refractivity contribution < 1.29 is 9.90 Å². The lowest BCUT2D eigenvalue weighted by Crippen LogP contribution is -2.34. The van der Waals surface area contributed by atoms with Crippen LogP contribution in [-0.2, 0) is 0 Å². The van der Waals surface area contributed by atoms with E-state index in [-0.39, 0.29) is 36.6 Å². The minimum Gasteiger partial charge on any atom is -0.391 e. The van der Waals surface area contributed by atoms with E-state index in [9.17, 15) is 9.90 Å². The Morgan fingerprint density at radius 1 is 1.35 bits per heavy atom. The minimum atomic E-state index is -0.412. The molecule has 1 saturated heterocycles. The second-order valence-electron chi connectivity index (χ2n) is 5.19. The zero-order valence-electron chi connectivity index (χ0n) is 12.2. The van der Waals surface area contributed by atoms with Gasteiger partial charge in [-0.15, -0.1) is 24.8 Å². The Bertz CT molecular complexity index is 684. The smallest absolute Gasteiger partial charge is 0.253 e. The third-order valence-corrected chi connectivity index (χ3v) is 4.12. The number of halogens is 3. The lowest BCUT2D eigenvalue weighted by molar-refractivity contribution is 0.0928. The van der Waals surface area contributed by atoms with Crippen LogP contribution < -0.4 is 10.6 Å². The Hall–Kier alpha value is -1.11. The summed E-state index contributed by atoms with van der Waals surface area (Å²) >= 11 is 6.12. The SMILES string of the molecule is Cl.Cl.O=C(NCC1CNCC1O)c1ccc(Cl)c2cccnc12. The van der Waals surface area contributed by atoms with Crippen LogP contribution in [0.4, 0.5) is 0 Å². The second kappa shape index (κ2) is 8.66. The Kier molecular flexibility index (Phi) is 7.51. The average molecular weight is 379 g/mol. The van der Waals surface area contributed by atoms with Crippen LogP contribution in [0, 0.1) is 5.92 Å². The van der Waals surface area contributed by atoms with Gasteiger partial charge in [0, 0.05) is 37.1 Å². The summed E-state index contributed by atoms with van der Waals surface area (Å²) < 4.78 is 0. The molecule has 0 aliphatic carbocycles. The van der Waals surface area contributed by atoms with Gasteiger partial charge in [0.2, 0.25) is 0 Å². The zero-order chi connectivity index (χ0) is 14.8. The number of pyridine rings is 1. The van der Waals surface area contributed by atoms with Gasteiger partial charge in [-0.1, -0.05) is 11.6 Å². The molecule has 2 unspecified atom stereocenters. The third-order valence-electron chi connectivity index (χ3n) is 3.79. The molecule has 0 radical (unpaired) electrons. The van der Waals surface area contributed by atoms with E-state index < -0.39 is 6.10 Å². The number of benzene rings is 1. The summed E-state index contributed by atoms with van der Waals surface area (Å²) in [6, 6.07) is 7.01. The Labute approximate surface area is 151 Å². The van der Waals surface area contributed by atoms with Gasteiger partial charge in [0.05, 0.1) is 22.2 Å². The predicted octanol–water partition coefficient (Wildman–Crippen LogP) is 2.04. The van der Waals surface area contributed by atoms with Crippen LogP contribution in [0.3, 0.4) is 0 Å². The van der Waals surface area contributed by atoms with E-state index in [2.05, 4.69) is 15.6 Å². The molecule has 2 aromatic rings. The van der Waals surface area contributed by atoms with Crippen LogP contribution in [0.5, 0.6) is 0 Å². The molecule has 23 heavy (non-hydrogen) atoms. The number of aromatic nitrogens is 1. The van der Waals surface area contributed by atoms with E-state index in [1.807, 2.05) is 6.07 Å². The van der Waals surface area contributed by atoms with Crippen molar-refractivity contribution >= 4 is 53.2 Å². The van der Waals surface area contributed by atoms with Crippen molar-refractivity contribution in [3.05, 3.63) is 41.0 Å². The first-order chi connectivity index (χ1) is 10.2. The molecular formula is C15H18Cl3N3O2. The fourth-order valence-electron chi connectivity index (χ4n) is 2.57. The second-order valence-corrected chi connectivity index (χ2v) is 5.60. The number of aliphatic hydroxyl groups is 1. The summed E-state index contributed by atoms with van der Waals surface area (Å²) in [4.78, 5) is 16.6. The molecule has 2 heterocycles. The van der Waals surface area contributed by atoms with Gasteiger partial charge in [0.1, 0.15) is 0 Å².